The number of aryl methyl sites for hydroxylation is 3. The lowest BCUT2D eigenvalue weighted by atomic mass is 9.82. The predicted octanol–water partition coefficient (Wildman–Crippen LogP) is 4.96. The molecule has 1 aliphatic rings. The normalized spacial score (nSPS) is 17.3. The average molecular weight is 468 g/mol. The Morgan fingerprint density at radius 2 is 1.85 bits per heavy atom. The lowest BCUT2D eigenvalue weighted by Crippen LogP contribution is -2.31. The van der Waals surface area contributed by atoms with Gasteiger partial charge in [-0.25, -0.2) is 4.98 Å². The number of nitrogens with one attached hydrogen (secondary N) is 1. The van der Waals surface area contributed by atoms with Gasteiger partial charge in [-0.05, 0) is 64.4 Å². The standard InChI is InChI=1S/C28H22ClN3O2/c1-32-16-30-15-26(32)28(34)20-7-9-24(29)19(12-20)6-5-17-3-2-4-18(11-17)22-14-27(33)31-25-10-8-21(28)13-23(22)25/h2-4,7-16,34H,5-6H2,1H3,(H,31,33). The third-order valence-electron chi connectivity index (χ3n) is 6.83. The number of aromatic nitrogens is 3. The molecule has 5 aromatic rings. The van der Waals surface area contributed by atoms with Gasteiger partial charge in [0.15, 0.2) is 5.60 Å². The first-order valence-electron chi connectivity index (χ1n) is 11.2. The summed E-state index contributed by atoms with van der Waals surface area (Å²) in [6.45, 7) is 0. The van der Waals surface area contributed by atoms with Gasteiger partial charge in [-0.2, -0.15) is 0 Å². The molecule has 168 valence electrons. The van der Waals surface area contributed by atoms with Crippen LogP contribution < -0.4 is 5.56 Å². The van der Waals surface area contributed by atoms with E-state index in [1.165, 1.54) is 0 Å². The lowest BCUT2D eigenvalue weighted by molar-refractivity contribution is 0.117. The van der Waals surface area contributed by atoms with E-state index in [4.69, 9.17) is 11.6 Å². The Morgan fingerprint density at radius 3 is 2.68 bits per heavy atom. The van der Waals surface area contributed by atoms with Gasteiger partial charge in [-0.3, -0.25) is 4.79 Å². The molecule has 3 aromatic carbocycles. The van der Waals surface area contributed by atoms with Gasteiger partial charge >= 0.3 is 0 Å². The minimum absolute atomic E-state index is 0.162. The second kappa shape index (κ2) is 7.69. The summed E-state index contributed by atoms with van der Waals surface area (Å²) >= 11 is 6.59. The second-order valence-corrected chi connectivity index (χ2v) is 9.32. The number of nitrogens with zero attached hydrogens (tertiary/aromatic N) is 2. The van der Waals surface area contributed by atoms with E-state index in [-0.39, 0.29) is 5.56 Å². The highest BCUT2D eigenvalue weighted by molar-refractivity contribution is 6.31. The van der Waals surface area contributed by atoms with Gasteiger partial charge in [-0.15, -0.1) is 0 Å². The number of halogens is 1. The van der Waals surface area contributed by atoms with E-state index in [9.17, 15) is 9.90 Å². The number of aromatic amines is 1. The van der Waals surface area contributed by atoms with Crippen LogP contribution in [0.15, 0.2) is 84.0 Å². The molecule has 5 nitrogen and oxygen atoms in total. The number of benzene rings is 3. The molecule has 1 aliphatic carbocycles. The fraction of sp³-hybridized carbons (Fsp3) is 0.143. The molecular formula is C28H22ClN3O2. The summed E-state index contributed by atoms with van der Waals surface area (Å²) in [6, 6.07) is 21.3. The molecule has 2 aromatic heterocycles. The van der Waals surface area contributed by atoms with Crippen LogP contribution in [0.3, 0.4) is 0 Å². The van der Waals surface area contributed by atoms with Crippen LogP contribution in [0.1, 0.15) is 27.9 Å². The highest BCUT2D eigenvalue weighted by atomic mass is 35.5. The SMILES string of the molecule is Cn1cncc1C1(O)c2ccc(Cl)c(c2)CCc2cccc(c2)-c2cc(=O)[nH]c3ccc1cc23. The number of fused-ring (bicyclic) bond motifs is 6. The summed E-state index contributed by atoms with van der Waals surface area (Å²) in [6.07, 6.45) is 4.87. The first-order valence-corrected chi connectivity index (χ1v) is 11.6. The van der Waals surface area contributed by atoms with Gasteiger partial charge in [-0.1, -0.05) is 54.1 Å². The van der Waals surface area contributed by atoms with Crippen molar-refractivity contribution in [2.75, 3.05) is 0 Å². The Kier molecular flexibility index (Phi) is 4.73. The third kappa shape index (κ3) is 3.20. The largest absolute Gasteiger partial charge is 0.374 e. The van der Waals surface area contributed by atoms with Crippen molar-refractivity contribution in [3.8, 4) is 11.1 Å². The topological polar surface area (TPSA) is 70.9 Å². The van der Waals surface area contributed by atoms with Crippen molar-refractivity contribution in [1.82, 2.24) is 14.5 Å². The molecule has 6 bridgehead atoms. The first kappa shape index (κ1) is 20.9. The highest BCUT2D eigenvalue weighted by Crippen LogP contribution is 2.40. The molecule has 2 heterocycles. The van der Waals surface area contributed by atoms with Gasteiger partial charge in [0.25, 0.3) is 0 Å². The zero-order valence-corrected chi connectivity index (χ0v) is 19.3. The van der Waals surface area contributed by atoms with Gasteiger partial charge in [0.05, 0.1) is 18.2 Å². The number of H-pyrrole nitrogens is 1. The van der Waals surface area contributed by atoms with Crippen molar-refractivity contribution in [3.63, 3.8) is 0 Å². The van der Waals surface area contributed by atoms with E-state index in [0.717, 1.165) is 46.0 Å². The van der Waals surface area contributed by atoms with Crippen LogP contribution in [0.5, 0.6) is 0 Å². The molecule has 1 unspecified atom stereocenters. The van der Waals surface area contributed by atoms with Crippen molar-refractivity contribution in [3.05, 3.63) is 123 Å². The minimum atomic E-state index is -1.47. The van der Waals surface area contributed by atoms with Crippen molar-refractivity contribution < 1.29 is 5.11 Å². The van der Waals surface area contributed by atoms with Crippen LogP contribution in [0.4, 0.5) is 0 Å². The van der Waals surface area contributed by atoms with Crippen LogP contribution in [-0.4, -0.2) is 19.6 Å². The maximum absolute atomic E-state index is 12.5. The summed E-state index contributed by atoms with van der Waals surface area (Å²) in [4.78, 5) is 19.7. The summed E-state index contributed by atoms with van der Waals surface area (Å²) in [5.74, 6) is 0. The Hall–Kier alpha value is -3.67. The van der Waals surface area contributed by atoms with E-state index in [2.05, 4.69) is 22.1 Å². The monoisotopic (exact) mass is 467 g/mol. The van der Waals surface area contributed by atoms with Crippen molar-refractivity contribution >= 4 is 22.5 Å². The highest BCUT2D eigenvalue weighted by Gasteiger charge is 2.37. The maximum Gasteiger partial charge on any atom is 0.249 e. The van der Waals surface area contributed by atoms with E-state index in [1.54, 1.807) is 18.6 Å². The van der Waals surface area contributed by atoms with Gasteiger partial charge < -0.3 is 14.7 Å². The second-order valence-electron chi connectivity index (χ2n) is 8.91. The van der Waals surface area contributed by atoms with Crippen molar-refractivity contribution in [2.24, 2.45) is 7.05 Å². The molecule has 0 aliphatic heterocycles. The van der Waals surface area contributed by atoms with Crippen LogP contribution in [0, 0.1) is 0 Å². The first-order chi connectivity index (χ1) is 16.4. The van der Waals surface area contributed by atoms with Crippen molar-refractivity contribution in [2.45, 2.75) is 18.4 Å². The summed E-state index contributed by atoms with van der Waals surface area (Å²) < 4.78 is 1.83. The lowest BCUT2D eigenvalue weighted by Gasteiger charge is -2.30. The molecule has 1 atom stereocenters. The average Bonchev–Trinajstić information content (AvgIpc) is 3.28. The molecular weight excluding hydrogens is 446 g/mol. The third-order valence-corrected chi connectivity index (χ3v) is 7.20. The molecule has 0 spiro atoms. The molecule has 0 saturated heterocycles. The summed E-state index contributed by atoms with van der Waals surface area (Å²) in [7, 11) is 1.87. The van der Waals surface area contributed by atoms with E-state index in [1.807, 2.05) is 60.1 Å². The molecule has 0 saturated carbocycles. The zero-order valence-electron chi connectivity index (χ0n) is 18.5. The number of rotatable bonds is 1. The fourth-order valence-electron chi connectivity index (χ4n) is 5.05. The Morgan fingerprint density at radius 1 is 1.03 bits per heavy atom. The van der Waals surface area contributed by atoms with E-state index < -0.39 is 5.60 Å². The number of aliphatic hydroxyl groups is 1. The summed E-state index contributed by atoms with van der Waals surface area (Å²) in [5.41, 5.74) is 5.04. The smallest absolute Gasteiger partial charge is 0.249 e. The van der Waals surface area contributed by atoms with E-state index >= 15 is 0 Å². The molecule has 0 radical (unpaired) electrons. The molecule has 0 fully saturated rings. The van der Waals surface area contributed by atoms with Gasteiger partial charge in [0.2, 0.25) is 5.56 Å². The number of hydrogen-bond donors (Lipinski definition) is 2. The van der Waals surface area contributed by atoms with E-state index in [0.29, 0.717) is 21.8 Å². The molecule has 6 heteroatoms. The number of pyridine rings is 1. The van der Waals surface area contributed by atoms with Crippen LogP contribution >= 0.6 is 11.6 Å². The minimum Gasteiger partial charge on any atom is -0.374 e. The Labute approximate surface area is 201 Å². The molecule has 0 amide bonds. The van der Waals surface area contributed by atoms with Crippen LogP contribution in [0.2, 0.25) is 5.02 Å². The number of hydrogen-bond acceptors (Lipinski definition) is 3. The van der Waals surface area contributed by atoms with Crippen LogP contribution in [0.25, 0.3) is 22.0 Å². The zero-order chi connectivity index (χ0) is 23.4. The predicted molar refractivity (Wildman–Crippen MR) is 134 cm³/mol. The van der Waals surface area contributed by atoms with Crippen LogP contribution in [-0.2, 0) is 25.5 Å². The number of imidazole rings is 1. The Balaban J connectivity index is 1.75. The van der Waals surface area contributed by atoms with Crippen molar-refractivity contribution in [1.29, 1.82) is 0 Å². The molecule has 2 N–H and O–H groups in total. The maximum atomic E-state index is 12.5. The Bertz CT molecular complexity index is 1630. The van der Waals surface area contributed by atoms with Gasteiger partial charge in [0.1, 0.15) is 0 Å². The molecule has 6 rings (SSSR count). The fourth-order valence-corrected chi connectivity index (χ4v) is 5.26. The molecule has 34 heavy (non-hydrogen) atoms. The quantitative estimate of drug-likeness (QED) is 0.366. The summed E-state index contributed by atoms with van der Waals surface area (Å²) in [5, 5.41) is 14.0. The van der Waals surface area contributed by atoms with Gasteiger partial charge in [0, 0.05) is 29.0 Å².